The molecule has 1 aromatic carbocycles. The lowest BCUT2D eigenvalue weighted by molar-refractivity contribution is -0.132. The molecule has 1 saturated heterocycles. The van der Waals surface area contributed by atoms with Crippen LogP contribution in [0, 0.1) is 23.6 Å². The van der Waals surface area contributed by atoms with Crippen molar-refractivity contribution in [1.82, 2.24) is 30.7 Å². The summed E-state index contributed by atoms with van der Waals surface area (Å²) in [5, 5.41) is 10.3. The van der Waals surface area contributed by atoms with Gasteiger partial charge >= 0.3 is 0 Å². The summed E-state index contributed by atoms with van der Waals surface area (Å²) in [6, 6.07) is 3.19. The van der Waals surface area contributed by atoms with Crippen LogP contribution in [-0.2, 0) is 11.2 Å². The minimum absolute atomic E-state index is 0.0169. The van der Waals surface area contributed by atoms with Gasteiger partial charge < -0.3 is 25.0 Å². The Bertz CT molecular complexity index is 1310. The van der Waals surface area contributed by atoms with Crippen molar-refractivity contribution in [3.8, 4) is 0 Å². The molecule has 2 fully saturated rings. The molecule has 0 bridgehead atoms. The lowest BCUT2D eigenvalue weighted by Crippen LogP contribution is -2.36. The standard InChI is InChI=1S/C28H37FN6O3/c1-5-21-20(14-38-34-21)27(36)33-24(16-8-6-15(2)7-9-16)26-31-22-11-10-17(23(29)25(22)32-26)18-12-30-13-19(18)28(37)35(3)4/h10-11,14-16,18-19,24,30H,5-9,12-13H2,1-4H3,(H,31,32)(H,33,36)/t15?,16?,18?,19?,24-/m0/s1. The third-order valence-corrected chi connectivity index (χ3v) is 8.35. The second kappa shape index (κ2) is 10.8. The molecule has 3 aromatic rings. The molecule has 3 atom stereocenters. The highest BCUT2D eigenvalue weighted by Crippen LogP contribution is 2.38. The predicted molar refractivity (Wildman–Crippen MR) is 141 cm³/mol. The number of carbonyl (C=O) groups excluding carboxylic acids is 2. The first-order valence-corrected chi connectivity index (χ1v) is 13.6. The maximum atomic E-state index is 16.0. The molecule has 38 heavy (non-hydrogen) atoms. The highest BCUT2D eigenvalue weighted by molar-refractivity contribution is 5.95. The lowest BCUT2D eigenvalue weighted by atomic mass is 9.79. The number of hydrogen-bond acceptors (Lipinski definition) is 6. The molecule has 0 spiro atoms. The molecule has 9 nitrogen and oxygen atoms in total. The first-order chi connectivity index (χ1) is 18.3. The van der Waals surface area contributed by atoms with Crippen LogP contribution in [0.2, 0.25) is 0 Å². The van der Waals surface area contributed by atoms with Gasteiger partial charge in [-0.15, -0.1) is 0 Å². The zero-order valence-electron chi connectivity index (χ0n) is 22.5. The summed E-state index contributed by atoms with van der Waals surface area (Å²) in [6.07, 6.45) is 5.99. The zero-order chi connectivity index (χ0) is 27.0. The molecule has 2 unspecified atom stereocenters. The molecule has 1 aliphatic heterocycles. The summed E-state index contributed by atoms with van der Waals surface area (Å²) < 4.78 is 21.0. The monoisotopic (exact) mass is 524 g/mol. The van der Waals surface area contributed by atoms with E-state index in [4.69, 9.17) is 9.51 Å². The summed E-state index contributed by atoms with van der Waals surface area (Å²) >= 11 is 0. The van der Waals surface area contributed by atoms with Gasteiger partial charge in [0, 0.05) is 33.1 Å². The van der Waals surface area contributed by atoms with Gasteiger partial charge in [0.25, 0.3) is 5.91 Å². The molecular weight excluding hydrogens is 487 g/mol. The van der Waals surface area contributed by atoms with Crippen molar-refractivity contribution in [2.24, 2.45) is 17.8 Å². The summed E-state index contributed by atoms with van der Waals surface area (Å²) in [6.45, 7) is 5.22. The third kappa shape index (κ3) is 4.93. The highest BCUT2D eigenvalue weighted by atomic mass is 19.1. The van der Waals surface area contributed by atoms with Gasteiger partial charge in [0.2, 0.25) is 5.91 Å². The number of aryl methyl sites for hydroxylation is 1. The molecule has 2 aliphatic rings. The Labute approximate surface area is 221 Å². The van der Waals surface area contributed by atoms with Gasteiger partial charge in [0.05, 0.1) is 23.2 Å². The Morgan fingerprint density at radius 1 is 1.21 bits per heavy atom. The van der Waals surface area contributed by atoms with Crippen molar-refractivity contribution in [1.29, 1.82) is 0 Å². The van der Waals surface area contributed by atoms with E-state index in [0.29, 0.717) is 53.6 Å². The van der Waals surface area contributed by atoms with Crippen molar-refractivity contribution in [3.63, 3.8) is 0 Å². The van der Waals surface area contributed by atoms with E-state index in [9.17, 15) is 9.59 Å². The number of imidazole rings is 1. The number of H-pyrrole nitrogens is 1. The van der Waals surface area contributed by atoms with E-state index in [0.717, 1.165) is 25.7 Å². The number of fused-ring (bicyclic) bond motifs is 1. The minimum atomic E-state index is -0.412. The average molecular weight is 525 g/mol. The SMILES string of the molecule is CCc1nocc1C(=O)N[C@H](c1nc2c(F)c(C3CNCC3C(=O)N(C)C)ccc2[nH]1)C1CCC(C)CC1. The van der Waals surface area contributed by atoms with Crippen LogP contribution in [0.25, 0.3) is 11.0 Å². The van der Waals surface area contributed by atoms with Crippen LogP contribution in [0.1, 0.15) is 78.9 Å². The summed E-state index contributed by atoms with van der Waals surface area (Å²) in [4.78, 5) is 35.6. The zero-order valence-corrected chi connectivity index (χ0v) is 22.5. The number of hydrogen-bond donors (Lipinski definition) is 3. The van der Waals surface area contributed by atoms with Gasteiger partial charge in [0.15, 0.2) is 5.82 Å². The van der Waals surface area contributed by atoms with Crippen LogP contribution in [0.3, 0.4) is 0 Å². The van der Waals surface area contributed by atoms with E-state index in [1.807, 2.05) is 13.0 Å². The normalized spacial score (nSPS) is 24.4. The van der Waals surface area contributed by atoms with Crippen molar-refractivity contribution in [3.05, 3.63) is 46.9 Å². The Hall–Kier alpha value is -3.27. The van der Waals surface area contributed by atoms with Gasteiger partial charge in [-0.2, -0.15) is 0 Å². The number of amides is 2. The Balaban J connectivity index is 1.48. The summed E-state index contributed by atoms with van der Waals surface area (Å²) in [5.74, 6) is 0.0555. The molecule has 5 rings (SSSR count). The predicted octanol–water partition coefficient (Wildman–Crippen LogP) is 3.94. The highest BCUT2D eigenvalue weighted by Gasteiger charge is 2.37. The van der Waals surface area contributed by atoms with Crippen molar-refractivity contribution in [2.45, 2.75) is 57.9 Å². The van der Waals surface area contributed by atoms with Crippen LogP contribution in [0.15, 0.2) is 22.9 Å². The van der Waals surface area contributed by atoms with Gasteiger partial charge in [0.1, 0.15) is 23.2 Å². The number of carbonyl (C=O) groups is 2. The Kier molecular flexibility index (Phi) is 7.52. The number of halogens is 1. The largest absolute Gasteiger partial charge is 0.364 e. The Morgan fingerprint density at radius 2 is 1.97 bits per heavy atom. The fraction of sp³-hybridized carbons (Fsp3) is 0.571. The molecule has 204 valence electrons. The molecule has 1 saturated carbocycles. The lowest BCUT2D eigenvalue weighted by Gasteiger charge is -2.32. The third-order valence-electron chi connectivity index (χ3n) is 8.35. The maximum absolute atomic E-state index is 16.0. The maximum Gasteiger partial charge on any atom is 0.257 e. The number of rotatable bonds is 7. The first-order valence-electron chi connectivity index (χ1n) is 13.6. The van der Waals surface area contributed by atoms with E-state index < -0.39 is 11.9 Å². The van der Waals surface area contributed by atoms with Gasteiger partial charge in [-0.1, -0.05) is 37.9 Å². The van der Waals surface area contributed by atoms with E-state index in [2.05, 4.69) is 27.7 Å². The smallest absolute Gasteiger partial charge is 0.257 e. The van der Waals surface area contributed by atoms with Gasteiger partial charge in [-0.3, -0.25) is 9.59 Å². The van der Waals surface area contributed by atoms with Gasteiger partial charge in [-0.05, 0) is 42.7 Å². The molecule has 0 radical (unpaired) electrons. The van der Waals surface area contributed by atoms with Crippen LogP contribution in [-0.4, -0.2) is 59.0 Å². The molecule has 3 N–H and O–H groups in total. The molecule has 2 aromatic heterocycles. The van der Waals surface area contributed by atoms with Crippen LogP contribution < -0.4 is 10.6 Å². The fourth-order valence-electron chi connectivity index (χ4n) is 6.05. The number of aromatic nitrogens is 3. The molecule has 1 aliphatic carbocycles. The van der Waals surface area contributed by atoms with E-state index >= 15 is 4.39 Å². The van der Waals surface area contributed by atoms with Crippen molar-refractivity contribution in [2.75, 3.05) is 27.2 Å². The summed E-state index contributed by atoms with van der Waals surface area (Å²) in [7, 11) is 3.45. The van der Waals surface area contributed by atoms with Crippen molar-refractivity contribution < 1.29 is 18.5 Å². The summed E-state index contributed by atoms with van der Waals surface area (Å²) in [5.41, 5.74) is 2.32. The Morgan fingerprint density at radius 3 is 2.68 bits per heavy atom. The minimum Gasteiger partial charge on any atom is -0.364 e. The van der Waals surface area contributed by atoms with Crippen molar-refractivity contribution >= 4 is 22.8 Å². The molecule has 10 heteroatoms. The quantitative estimate of drug-likeness (QED) is 0.431. The first kappa shape index (κ1) is 26.3. The van der Waals surface area contributed by atoms with E-state index in [1.165, 1.54) is 6.26 Å². The number of nitrogens with one attached hydrogen (secondary N) is 3. The van der Waals surface area contributed by atoms with Crippen LogP contribution in [0.4, 0.5) is 4.39 Å². The molecule has 2 amide bonds. The number of aromatic amines is 1. The molecular formula is C28H37FN6O3. The second-order valence-corrected chi connectivity index (χ2v) is 11.1. The number of benzene rings is 1. The molecule has 3 heterocycles. The second-order valence-electron chi connectivity index (χ2n) is 11.1. The van der Waals surface area contributed by atoms with Gasteiger partial charge in [-0.25, -0.2) is 9.37 Å². The van der Waals surface area contributed by atoms with Crippen LogP contribution in [0.5, 0.6) is 0 Å². The van der Waals surface area contributed by atoms with E-state index in [-0.39, 0.29) is 35.1 Å². The van der Waals surface area contributed by atoms with E-state index in [1.54, 1.807) is 25.1 Å². The number of nitrogens with zero attached hydrogens (tertiary/aromatic N) is 3. The average Bonchev–Trinajstić information content (AvgIpc) is 3.67. The fourth-order valence-corrected chi connectivity index (χ4v) is 6.05. The van der Waals surface area contributed by atoms with Crippen LogP contribution >= 0.6 is 0 Å². The topological polar surface area (TPSA) is 116 Å².